The number of fused-ring (bicyclic) bond motifs is 3. The first-order valence-electron chi connectivity index (χ1n) is 11.0. The van der Waals surface area contributed by atoms with Crippen LogP contribution in [0.4, 0.5) is 4.79 Å². The molecule has 32 heavy (non-hydrogen) atoms. The van der Waals surface area contributed by atoms with Crippen LogP contribution in [0.25, 0.3) is 11.1 Å². The first-order chi connectivity index (χ1) is 15.3. The minimum Gasteiger partial charge on any atom is -0.480 e. The van der Waals surface area contributed by atoms with Gasteiger partial charge in [0.1, 0.15) is 18.7 Å². The molecule has 0 spiro atoms. The largest absolute Gasteiger partial charge is 0.480 e. The van der Waals surface area contributed by atoms with Gasteiger partial charge in [0.15, 0.2) is 0 Å². The standard InChI is InChI=1S/C25H30N2O5/c1-4-21(24(29)30)26-23(28)22(13-15(2)3)27-25(31)32-14-20-18-11-7-5-9-16(18)17-10-6-8-12-19(17)20/h5-12,15,20-22H,4,13-14H2,1-3H3,(H,26,28)(H,27,31)(H,29,30)/t21-,22?/m0/s1. The number of carbonyl (C=O) groups excluding carboxylic acids is 2. The number of nitrogens with one attached hydrogen (secondary N) is 2. The summed E-state index contributed by atoms with van der Waals surface area (Å²) in [6.45, 7) is 5.67. The van der Waals surface area contributed by atoms with Crippen molar-refractivity contribution in [2.24, 2.45) is 5.92 Å². The van der Waals surface area contributed by atoms with Gasteiger partial charge in [0.2, 0.25) is 5.91 Å². The molecule has 170 valence electrons. The second kappa shape index (κ2) is 10.3. The van der Waals surface area contributed by atoms with Crippen molar-refractivity contribution in [2.45, 2.75) is 51.6 Å². The number of carboxylic acids is 1. The predicted octanol–water partition coefficient (Wildman–Crippen LogP) is 3.92. The van der Waals surface area contributed by atoms with E-state index < -0.39 is 30.1 Å². The van der Waals surface area contributed by atoms with E-state index in [1.165, 1.54) is 0 Å². The Morgan fingerprint density at radius 1 is 0.938 bits per heavy atom. The maximum Gasteiger partial charge on any atom is 0.407 e. The predicted molar refractivity (Wildman–Crippen MR) is 121 cm³/mol. The van der Waals surface area contributed by atoms with Gasteiger partial charge in [0, 0.05) is 5.92 Å². The molecule has 0 saturated carbocycles. The molecule has 0 heterocycles. The van der Waals surface area contributed by atoms with Crippen LogP contribution < -0.4 is 10.6 Å². The molecule has 3 rings (SSSR count). The molecule has 0 bridgehead atoms. The number of amides is 2. The number of ether oxygens (including phenoxy) is 1. The van der Waals surface area contributed by atoms with Crippen molar-refractivity contribution in [3.63, 3.8) is 0 Å². The van der Waals surface area contributed by atoms with Gasteiger partial charge < -0.3 is 20.5 Å². The Labute approximate surface area is 188 Å². The first kappa shape index (κ1) is 23.3. The SMILES string of the molecule is CC[C@H](NC(=O)C(CC(C)C)NC(=O)OCC1c2ccccc2-c2ccccc21)C(=O)O. The molecule has 7 nitrogen and oxygen atoms in total. The molecular formula is C25H30N2O5. The maximum atomic E-state index is 12.6. The average Bonchev–Trinajstić information content (AvgIpc) is 3.08. The molecule has 1 unspecified atom stereocenters. The van der Waals surface area contributed by atoms with Crippen LogP contribution in [0.3, 0.4) is 0 Å². The number of rotatable bonds is 9. The van der Waals surface area contributed by atoms with Gasteiger partial charge in [-0.2, -0.15) is 0 Å². The summed E-state index contributed by atoms with van der Waals surface area (Å²) in [5.74, 6) is -1.60. The quantitative estimate of drug-likeness (QED) is 0.550. The highest BCUT2D eigenvalue weighted by Gasteiger charge is 2.30. The van der Waals surface area contributed by atoms with Crippen molar-refractivity contribution in [3.8, 4) is 11.1 Å². The van der Waals surface area contributed by atoms with E-state index in [2.05, 4.69) is 22.8 Å². The van der Waals surface area contributed by atoms with Gasteiger partial charge in [-0.25, -0.2) is 9.59 Å². The molecule has 0 radical (unpaired) electrons. The highest BCUT2D eigenvalue weighted by atomic mass is 16.5. The smallest absolute Gasteiger partial charge is 0.407 e. The molecule has 2 amide bonds. The molecule has 2 atom stereocenters. The van der Waals surface area contributed by atoms with Crippen LogP contribution in [-0.2, 0) is 14.3 Å². The van der Waals surface area contributed by atoms with Crippen molar-refractivity contribution >= 4 is 18.0 Å². The lowest BCUT2D eigenvalue weighted by Crippen LogP contribution is -2.52. The molecule has 7 heteroatoms. The molecular weight excluding hydrogens is 408 g/mol. The minimum atomic E-state index is -1.11. The minimum absolute atomic E-state index is 0.0815. The number of hydrogen-bond acceptors (Lipinski definition) is 4. The summed E-state index contributed by atoms with van der Waals surface area (Å²) in [4.78, 5) is 36.5. The zero-order valence-electron chi connectivity index (χ0n) is 18.6. The number of carbonyl (C=O) groups is 3. The lowest BCUT2D eigenvalue weighted by molar-refractivity contribution is -0.142. The van der Waals surface area contributed by atoms with E-state index in [4.69, 9.17) is 4.74 Å². The highest BCUT2D eigenvalue weighted by molar-refractivity contribution is 5.89. The van der Waals surface area contributed by atoms with E-state index in [0.29, 0.717) is 6.42 Å². The molecule has 1 aliphatic rings. The van der Waals surface area contributed by atoms with Gasteiger partial charge in [0.25, 0.3) is 0 Å². The Kier molecular flexibility index (Phi) is 7.51. The molecule has 0 aliphatic heterocycles. The lowest BCUT2D eigenvalue weighted by atomic mass is 9.98. The third-order valence-electron chi connectivity index (χ3n) is 5.68. The lowest BCUT2D eigenvalue weighted by Gasteiger charge is -2.22. The number of carboxylic acid groups (broad SMARTS) is 1. The second-order valence-corrected chi connectivity index (χ2v) is 8.46. The molecule has 2 aromatic carbocycles. The highest BCUT2D eigenvalue weighted by Crippen LogP contribution is 2.44. The summed E-state index contributed by atoms with van der Waals surface area (Å²) >= 11 is 0. The summed E-state index contributed by atoms with van der Waals surface area (Å²) in [6, 6.07) is 14.2. The van der Waals surface area contributed by atoms with E-state index in [1.54, 1.807) is 6.92 Å². The van der Waals surface area contributed by atoms with Gasteiger partial charge >= 0.3 is 12.1 Å². The fourth-order valence-corrected chi connectivity index (χ4v) is 4.10. The monoisotopic (exact) mass is 438 g/mol. The van der Waals surface area contributed by atoms with Crippen LogP contribution >= 0.6 is 0 Å². The number of hydrogen-bond donors (Lipinski definition) is 3. The van der Waals surface area contributed by atoms with Crippen LogP contribution in [0.1, 0.15) is 50.7 Å². The number of aliphatic carboxylic acids is 1. The summed E-state index contributed by atoms with van der Waals surface area (Å²) in [5, 5.41) is 14.3. The molecule has 0 fully saturated rings. The molecule has 1 aliphatic carbocycles. The maximum absolute atomic E-state index is 12.6. The Hall–Kier alpha value is -3.35. The van der Waals surface area contributed by atoms with Gasteiger partial charge in [-0.3, -0.25) is 4.79 Å². The molecule has 3 N–H and O–H groups in total. The van der Waals surface area contributed by atoms with Crippen molar-refractivity contribution in [3.05, 3.63) is 59.7 Å². The summed E-state index contributed by atoms with van der Waals surface area (Å²) in [7, 11) is 0. The fourth-order valence-electron chi connectivity index (χ4n) is 4.10. The van der Waals surface area contributed by atoms with E-state index in [1.807, 2.05) is 50.2 Å². The van der Waals surface area contributed by atoms with Crippen LogP contribution in [0.2, 0.25) is 0 Å². The number of benzene rings is 2. The molecule has 2 aromatic rings. The normalized spacial score (nSPS) is 14.2. The zero-order valence-corrected chi connectivity index (χ0v) is 18.6. The third kappa shape index (κ3) is 5.28. The third-order valence-corrected chi connectivity index (χ3v) is 5.68. The Balaban J connectivity index is 1.67. The van der Waals surface area contributed by atoms with E-state index in [0.717, 1.165) is 22.3 Å². The average molecular weight is 439 g/mol. The Morgan fingerprint density at radius 3 is 2.00 bits per heavy atom. The van der Waals surface area contributed by atoms with Gasteiger partial charge in [-0.15, -0.1) is 0 Å². The molecule has 0 saturated heterocycles. The van der Waals surface area contributed by atoms with Crippen LogP contribution in [-0.4, -0.2) is 41.8 Å². The van der Waals surface area contributed by atoms with Crippen molar-refractivity contribution in [1.82, 2.24) is 10.6 Å². The van der Waals surface area contributed by atoms with Gasteiger partial charge in [-0.05, 0) is 41.0 Å². The van der Waals surface area contributed by atoms with E-state index >= 15 is 0 Å². The van der Waals surface area contributed by atoms with Crippen LogP contribution in [0.15, 0.2) is 48.5 Å². The topological polar surface area (TPSA) is 105 Å². The van der Waals surface area contributed by atoms with E-state index in [9.17, 15) is 19.5 Å². The van der Waals surface area contributed by atoms with Crippen molar-refractivity contribution in [2.75, 3.05) is 6.61 Å². The van der Waals surface area contributed by atoms with Gasteiger partial charge in [-0.1, -0.05) is 69.3 Å². The van der Waals surface area contributed by atoms with Crippen LogP contribution in [0.5, 0.6) is 0 Å². The Bertz CT molecular complexity index is 942. The van der Waals surface area contributed by atoms with E-state index in [-0.39, 0.29) is 24.9 Å². The van der Waals surface area contributed by atoms with Crippen LogP contribution in [0, 0.1) is 5.92 Å². The second-order valence-electron chi connectivity index (χ2n) is 8.46. The van der Waals surface area contributed by atoms with Crippen molar-refractivity contribution in [1.29, 1.82) is 0 Å². The summed E-state index contributed by atoms with van der Waals surface area (Å²) in [6.07, 6.45) is -0.0806. The zero-order chi connectivity index (χ0) is 23.3. The van der Waals surface area contributed by atoms with Gasteiger partial charge in [0.05, 0.1) is 0 Å². The van der Waals surface area contributed by atoms with Crippen molar-refractivity contribution < 1.29 is 24.2 Å². The fraction of sp³-hybridized carbons (Fsp3) is 0.400. The Morgan fingerprint density at radius 2 is 1.50 bits per heavy atom. The molecule has 0 aromatic heterocycles. The number of alkyl carbamates (subject to hydrolysis) is 1. The summed E-state index contributed by atoms with van der Waals surface area (Å²) in [5.41, 5.74) is 4.47. The first-order valence-corrected chi connectivity index (χ1v) is 11.0. The summed E-state index contributed by atoms with van der Waals surface area (Å²) < 4.78 is 5.53.